The molecule has 1 aliphatic rings. The molecule has 1 saturated heterocycles. The minimum atomic E-state index is -0.538. The van der Waals surface area contributed by atoms with Crippen LogP contribution in [0.1, 0.15) is 36.0 Å². The maximum atomic E-state index is 11.5. The number of piperidine rings is 1. The zero-order valence-electron chi connectivity index (χ0n) is 12.5. The van der Waals surface area contributed by atoms with Crippen LogP contribution >= 0.6 is 11.6 Å². The van der Waals surface area contributed by atoms with Gasteiger partial charge in [0.1, 0.15) is 0 Å². The van der Waals surface area contributed by atoms with Crippen LogP contribution in [-0.2, 0) is 0 Å². The highest BCUT2D eigenvalue weighted by Gasteiger charge is 2.21. The minimum absolute atomic E-state index is 0.174. The Morgan fingerprint density at radius 2 is 2.29 bits per heavy atom. The van der Waals surface area contributed by atoms with Gasteiger partial charge in [-0.1, -0.05) is 18.0 Å². The molecule has 1 atom stereocenters. The van der Waals surface area contributed by atoms with E-state index in [9.17, 15) is 4.79 Å². The topological polar surface area (TPSA) is 75.3 Å². The van der Waals surface area contributed by atoms with Gasteiger partial charge in [0.05, 0.1) is 5.56 Å². The molecule has 0 radical (unpaired) electrons. The van der Waals surface area contributed by atoms with Crippen molar-refractivity contribution in [2.75, 3.05) is 32.1 Å². The van der Waals surface area contributed by atoms with Gasteiger partial charge in [-0.2, -0.15) is 0 Å². The molecule has 6 nitrogen and oxygen atoms in total. The summed E-state index contributed by atoms with van der Waals surface area (Å²) in [6.07, 6.45) is 4.80. The molecule has 1 fully saturated rings. The maximum absolute atomic E-state index is 11.5. The summed E-state index contributed by atoms with van der Waals surface area (Å²) in [6, 6.07) is 2.05. The van der Waals surface area contributed by atoms with Gasteiger partial charge in [0.2, 0.25) is 0 Å². The first-order chi connectivity index (χ1) is 9.99. The lowest BCUT2D eigenvalue weighted by Gasteiger charge is -2.33. The summed E-state index contributed by atoms with van der Waals surface area (Å²) in [5.41, 5.74) is 5.70. The number of likely N-dealkylation sites (tertiary alicyclic amines) is 1. The number of carbonyl (C=O) groups is 1. The highest BCUT2D eigenvalue weighted by molar-refractivity contribution is 6.29. The molecular formula is C14H22ClN5O. The fraction of sp³-hybridized carbons (Fsp3) is 0.643. The predicted molar refractivity (Wildman–Crippen MR) is 83.7 cm³/mol. The quantitative estimate of drug-likeness (QED) is 0.892. The first-order valence-electron chi connectivity index (χ1n) is 7.23. The fourth-order valence-electron chi connectivity index (χ4n) is 2.78. The molecule has 0 saturated carbocycles. The van der Waals surface area contributed by atoms with Crippen LogP contribution in [0.3, 0.4) is 0 Å². The Labute approximate surface area is 130 Å². The highest BCUT2D eigenvalue weighted by Crippen LogP contribution is 2.21. The zero-order valence-corrected chi connectivity index (χ0v) is 13.3. The van der Waals surface area contributed by atoms with E-state index >= 15 is 0 Å². The molecule has 0 bridgehead atoms. The zero-order chi connectivity index (χ0) is 15.4. The molecule has 0 aliphatic carbocycles. The first-order valence-corrected chi connectivity index (χ1v) is 7.61. The van der Waals surface area contributed by atoms with Gasteiger partial charge in [0.25, 0.3) is 5.91 Å². The van der Waals surface area contributed by atoms with Crippen molar-refractivity contribution in [2.24, 2.45) is 5.73 Å². The number of aromatic nitrogens is 2. The second-order valence-corrected chi connectivity index (χ2v) is 6.00. The molecule has 2 N–H and O–H groups in total. The van der Waals surface area contributed by atoms with Crippen molar-refractivity contribution in [3.05, 3.63) is 16.8 Å². The summed E-state index contributed by atoms with van der Waals surface area (Å²) in [6.45, 7) is 1.95. The Bertz CT molecular complexity index is 510. The molecule has 0 aromatic carbocycles. The number of hydrogen-bond acceptors (Lipinski definition) is 5. The highest BCUT2D eigenvalue weighted by atomic mass is 35.5. The van der Waals surface area contributed by atoms with Crippen molar-refractivity contribution in [1.29, 1.82) is 0 Å². The molecule has 1 aromatic rings. The van der Waals surface area contributed by atoms with Crippen LogP contribution in [0.25, 0.3) is 0 Å². The average Bonchev–Trinajstić information content (AvgIpc) is 2.46. The van der Waals surface area contributed by atoms with Crippen LogP contribution in [0.4, 0.5) is 5.82 Å². The Morgan fingerprint density at radius 3 is 2.95 bits per heavy atom. The number of carbonyl (C=O) groups excluding carboxylic acids is 1. The van der Waals surface area contributed by atoms with Crippen LogP contribution in [0.15, 0.2) is 6.07 Å². The van der Waals surface area contributed by atoms with Gasteiger partial charge in [-0.25, -0.2) is 0 Å². The lowest BCUT2D eigenvalue weighted by molar-refractivity contribution is 0.1000. The van der Waals surface area contributed by atoms with E-state index in [0.717, 1.165) is 19.5 Å². The molecular weight excluding hydrogens is 290 g/mol. The number of hydrogen-bond donors (Lipinski definition) is 1. The summed E-state index contributed by atoms with van der Waals surface area (Å²) < 4.78 is 0. The molecule has 21 heavy (non-hydrogen) atoms. The molecule has 7 heteroatoms. The van der Waals surface area contributed by atoms with Crippen molar-refractivity contribution >= 4 is 23.3 Å². The van der Waals surface area contributed by atoms with E-state index in [4.69, 9.17) is 17.3 Å². The van der Waals surface area contributed by atoms with Crippen molar-refractivity contribution in [3.8, 4) is 0 Å². The number of nitrogens with zero attached hydrogens (tertiary/aromatic N) is 4. The summed E-state index contributed by atoms with van der Waals surface area (Å²) in [5.74, 6) is -0.0474. The van der Waals surface area contributed by atoms with E-state index in [1.165, 1.54) is 25.3 Å². The maximum Gasteiger partial charge on any atom is 0.252 e. The second kappa shape index (κ2) is 7.04. The van der Waals surface area contributed by atoms with Crippen molar-refractivity contribution < 1.29 is 4.79 Å². The van der Waals surface area contributed by atoms with Crippen LogP contribution in [-0.4, -0.2) is 54.2 Å². The monoisotopic (exact) mass is 311 g/mol. The number of nitrogens with two attached hydrogens (primary N) is 1. The second-order valence-electron chi connectivity index (χ2n) is 5.61. The van der Waals surface area contributed by atoms with Gasteiger partial charge in [0.15, 0.2) is 11.0 Å². The molecule has 2 rings (SSSR count). The van der Waals surface area contributed by atoms with Gasteiger partial charge in [-0.3, -0.25) is 4.79 Å². The Hall–Kier alpha value is -1.40. The molecule has 116 valence electrons. The number of amides is 1. The molecule has 2 heterocycles. The third-order valence-corrected chi connectivity index (χ3v) is 4.28. The van der Waals surface area contributed by atoms with Gasteiger partial charge >= 0.3 is 0 Å². The van der Waals surface area contributed by atoms with Gasteiger partial charge in [0, 0.05) is 19.6 Å². The fourth-order valence-corrected chi connectivity index (χ4v) is 2.93. The number of rotatable bonds is 5. The Morgan fingerprint density at radius 1 is 1.52 bits per heavy atom. The number of anilines is 1. The minimum Gasteiger partial charge on any atom is -0.365 e. The summed E-state index contributed by atoms with van der Waals surface area (Å²) in [4.78, 5) is 15.8. The molecule has 0 spiro atoms. The summed E-state index contributed by atoms with van der Waals surface area (Å²) in [7, 11) is 4.06. The largest absolute Gasteiger partial charge is 0.365 e. The molecule has 1 amide bonds. The smallest absolute Gasteiger partial charge is 0.252 e. The summed E-state index contributed by atoms with van der Waals surface area (Å²) >= 11 is 5.78. The van der Waals surface area contributed by atoms with E-state index < -0.39 is 5.91 Å². The number of primary amides is 1. The third kappa shape index (κ3) is 4.04. The van der Waals surface area contributed by atoms with Gasteiger partial charge in [-0.15, -0.1) is 10.2 Å². The number of halogens is 1. The lowest BCUT2D eigenvalue weighted by Crippen LogP contribution is -2.38. The molecule has 1 aliphatic heterocycles. The predicted octanol–water partition coefficient (Wildman–Crippen LogP) is 1.54. The molecule has 1 unspecified atom stereocenters. The van der Waals surface area contributed by atoms with Gasteiger partial charge in [-0.05, 0) is 38.9 Å². The molecule has 1 aromatic heterocycles. The van der Waals surface area contributed by atoms with Crippen molar-refractivity contribution in [2.45, 2.75) is 31.7 Å². The van der Waals surface area contributed by atoms with Crippen LogP contribution in [0.5, 0.6) is 0 Å². The van der Waals surface area contributed by atoms with Crippen LogP contribution < -0.4 is 10.6 Å². The average molecular weight is 312 g/mol. The van der Waals surface area contributed by atoms with E-state index in [0.29, 0.717) is 17.4 Å². The lowest BCUT2D eigenvalue weighted by atomic mass is 10.00. The Kier molecular flexibility index (Phi) is 5.36. The summed E-state index contributed by atoms with van der Waals surface area (Å²) in [5, 5.41) is 7.99. The van der Waals surface area contributed by atoms with E-state index in [-0.39, 0.29) is 5.15 Å². The first kappa shape index (κ1) is 16.0. The van der Waals surface area contributed by atoms with Gasteiger partial charge < -0.3 is 15.5 Å². The van der Waals surface area contributed by atoms with Crippen LogP contribution in [0, 0.1) is 0 Å². The van der Waals surface area contributed by atoms with E-state index in [1.807, 2.05) is 11.9 Å². The third-order valence-electron chi connectivity index (χ3n) is 4.09. The van der Waals surface area contributed by atoms with Crippen LogP contribution in [0.2, 0.25) is 5.15 Å². The van der Waals surface area contributed by atoms with E-state index in [1.54, 1.807) is 0 Å². The van der Waals surface area contributed by atoms with E-state index in [2.05, 4.69) is 22.1 Å². The SMILES string of the molecule is CN(CCC1CCCCN1C)c1nnc(Cl)cc1C(N)=O. The normalized spacial score (nSPS) is 19.5. The van der Waals surface area contributed by atoms with Crippen molar-refractivity contribution in [3.63, 3.8) is 0 Å². The standard InChI is InChI=1S/C14H22ClN5O/c1-19-7-4-3-5-10(19)6-8-20(2)14-11(13(16)21)9-12(15)17-18-14/h9-10H,3-8H2,1-2H3,(H2,16,21). The Balaban J connectivity index is 2.03. The van der Waals surface area contributed by atoms with Crippen molar-refractivity contribution in [1.82, 2.24) is 15.1 Å².